The van der Waals surface area contributed by atoms with Gasteiger partial charge in [-0.05, 0) is 31.1 Å². The second-order valence-corrected chi connectivity index (χ2v) is 6.20. The third-order valence-electron chi connectivity index (χ3n) is 4.66. The number of hydrogen-bond donors (Lipinski definition) is 1. The van der Waals surface area contributed by atoms with Crippen LogP contribution in [0, 0.1) is 6.92 Å². The van der Waals surface area contributed by atoms with Gasteiger partial charge in [0.05, 0.1) is 11.8 Å². The maximum absolute atomic E-state index is 12.8. The smallest absolute Gasteiger partial charge is 0.253 e. The third kappa shape index (κ3) is 2.52. The molecule has 2 aromatic rings. The number of carbonyl (C=O) groups excluding carboxylic acids is 1. The topological polar surface area (TPSA) is 58.2 Å². The summed E-state index contributed by atoms with van der Waals surface area (Å²) in [5, 5.41) is 7.16. The van der Waals surface area contributed by atoms with Crippen molar-refractivity contribution in [3.8, 4) is 5.75 Å². The maximum Gasteiger partial charge on any atom is 0.253 e. The number of amides is 1. The zero-order chi connectivity index (χ0) is 15.8. The average Bonchev–Trinajstić information content (AvgIpc) is 3.22. The molecule has 4 rings (SSSR count). The Morgan fingerprint density at radius 3 is 3.09 bits per heavy atom. The number of aryl methyl sites for hydroxylation is 1. The van der Waals surface area contributed by atoms with E-state index in [0.29, 0.717) is 12.5 Å². The van der Waals surface area contributed by atoms with Crippen molar-refractivity contribution in [2.24, 2.45) is 0 Å². The molecule has 1 aromatic carbocycles. The monoisotopic (exact) mass is 309 g/mol. The first-order valence-corrected chi connectivity index (χ1v) is 7.94. The number of carbonyl (C=O) groups is 1. The summed E-state index contributed by atoms with van der Waals surface area (Å²) in [4.78, 5) is 14.7. The van der Waals surface area contributed by atoms with E-state index in [4.69, 9.17) is 4.74 Å². The van der Waals surface area contributed by atoms with Gasteiger partial charge in [-0.2, -0.15) is 5.10 Å². The van der Waals surface area contributed by atoms with Crippen molar-refractivity contribution in [1.82, 2.24) is 15.1 Å². The van der Waals surface area contributed by atoms with Gasteiger partial charge in [0.1, 0.15) is 12.4 Å². The highest BCUT2D eigenvalue weighted by Gasteiger charge is 2.31. The van der Waals surface area contributed by atoms with Crippen molar-refractivity contribution in [3.63, 3.8) is 0 Å². The predicted molar refractivity (Wildman–Crippen MR) is 87.2 cm³/mol. The number of aromatic amines is 1. The van der Waals surface area contributed by atoms with E-state index < -0.39 is 0 Å². The number of likely N-dealkylation sites (tertiary alicyclic amines) is 1. The summed E-state index contributed by atoms with van der Waals surface area (Å²) >= 11 is 0. The Labute approximate surface area is 135 Å². The molecule has 2 aliphatic rings. The van der Waals surface area contributed by atoms with Crippen LogP contribution in [0.1, 0.15) is 29.2 Å². The van der Waals surface area contributed by atoms with E-state index in [1.807, 2.05) is 41.4 Å². The molecule has 1 aromatic heterocycles. The SMILES string of the molecule is Cc1cn[nH]c1[C@@H]1CCN(C(=O)C2=Cc3ccccc3OC2)C1. The number of para-hydroxylation sites is 1. The summed E-state index contributed by atoms with van der Waals surface area (Å²) in [6.07, 6.45) is 4.77. The minimum atomic E-state index is 0.0826. The van der Waals surface area contributed by atoms with Crippen LogP contribution < -0.4 is 4.74 Å². The summed E-state index contributed by atoms with van der Waals surface area (Å²) in [6.45, 7) is 3.92. The van der Waals surface area contributed by atoms with E-state index in [9.17, 15) is 4.79 Å². The normalized spacial score (nSPS) is 20.0. The predicted octanol–water partition coefficient (Wildman–Crippen LogP) is 2.51. The van der Waals surface area contributed by atoms with Crippen LogP contribution in [0.4, 0.5) is 0 Å². The lowest BCUT2D eigenvalue weighted by atomic mass is 10.0. The van der Waals surface area contributed by atoms with Gasteiger partial charge < -0.3 is 9.64 Å². The molecule has 3 heterocycles. The van der Waals surface area contributed by atoms with Crippen LogP contribution in [0.25, 0.3) is 6.08 Å². The molecule has 0 unspecified atom stereocenters. The Kier molecular flexibility index (Phi) is 3.41. The first-order chi connectivity index (χ1) is 11.2. The molecule has 0 aliphatic carbocycles. The Morgan fingerprint density at radius 2 is 2.26 bits per heavy atom. The summed E-state index contributed by atoms with van der Waals surface area (Å²) in [5.74, 6) is 1.27. The number of nitrogens with one attached hydrogen (secondary N) is 1. The van der Waals surface area contributed by atoms with Crippen LogP contribution >= 0.6 is 0 Å². The summed E-state index contributed by atoms with van der Waals surface area (Å²) < 4.78 is 5.70. The molecular formula is C18H19N3O2. The van der Waals surface area contributed by atoms with Crippen molar-refractivity contribution >= 4 is 12.0 Å². The van der Waals surface area contributed by atoms with Crippen LogP contribution in [0.3, 0.4) is 0 Å². The molecule has 0 bridgehead atoms. The summed E-state index contributed by atoms with van der Waals surface area (Å²) in [7, 11) is 0. The fourth-order valence-electron chi connectivity index (χ4n) is 3.39. The van der Waals surface area contributed by atoms with E-state index >= 15 is 0 Å². The van der Waals surface area contributed by atoms with Crippen molar-refractivity contribution in [2.75, 3.05) is 19.7 Å². The van der Waals surface area contributed by atoms with Crippen LogP contribution in [0.2, 0.25) is 0 Å². The molecule has 118 valence electrons. The van der Waals surface area contributed by atoms with Gasteiger partial charge in [0.15, 0.2) is 0 Å². The number of hydrogen-bond acceptors (Lipinski definition) is 3. The molecule has 2 aliphatic heterocycles. The van der Waals surface area contributed by atoms with E-state index in [-0.39, 0.29) is 5.91 Å². The number of aromatic nitrogens is 2. The maximum atomic E-state index is 12.8. The molecule has 23 heavy (non-hydrogen) atoms. The molecule has 0 radical (unpaired) electrons. The molecule has 0 spiro atoms. The molecule has 1 atom stereocenters. The van der Waals surface area contributed by atoms with Gasteiger partial charge in [-0.3, -0.25) is 9.89 Å². The number of benzene rings is 1. The highest BCUT2D eigenvalue weighted by atomic mass is 16.5. The third-order valence-corrected chi connectivity index (χ3v) is 4.66. The Balaban J connectivity index is 1.51. The van der Waals surface area contributed by atoms with Gasteiger partial charge in [-0.25, -0.2) is 0 Å². The van der Waals surface area contributed by atoms with E-state index in [1.54, 1.807) is 0 Å². The van der Waals surface area contributed by atoms with E-state index in [2.05, 4.69) is 17.1 Å². The minimum absolute atomic E-state index is 0.0826. The molecule has 5 nitrogen and oxygen atoms in total. The molecule has 1 N–H and O–H groups in total. The largest absolute Gasteiger partial charge is 0.488 e. The van der Waals surface area contributed by atoms with Crippen molar-refractivity contribution in [1.29, 1.82) is 0 Å². The van der Waals surface area contributed by atoms with Crippen molar-refractivity contribution in [2.45, 2.75) is 19.3 Å². The van der Waals surface area contributed by atoms with Gasteiger partial charge in [0.2, 0.25) is 0 Å². The fraction of sp³-hybridized carbons (Fsp3) is 0.333. The van der Waals surface area contributed by atoms with Gasteiger partial charge in [-0.15, -0.1) is 0 Å². The van der Waals surface area contributed by atoms with Crippen molar-refractivity contribution in [3.05, 3.63) is 52.9 Å². The zero-order valence-electron chi connectivity index (χ0n) is 13.1. The number of nitrogens with zero attached hydrogens (tertiary/aromatic N) is 2. The average molecular weight is 309 g/mol. The fourth-order valence-corrected chi connectivity index (χ4v) is 3.39. The second kappa shape index (κ2) is 5.57. The van der Waals surface area contributed by atoms with Gasteiger partial charge in [-0.1, -0.05) is 18.2 Å². The first kappa shape index (κ1) is 14.1. The van der Waals surface area contributed by atoms with E-state index in [0.717, 1.165) is 42.1 Å². The van der Waals surface area contributed by atoms with Gasteiger partial charge in [0.25, 0.3) is 5.91 Å². The van der Waals surface area contributed by atoms with E-state index in [1.165, 1.54) is 5.56 Å². The molecule has 1 amide bonds. The van der Waals surface area contributed by atoms with Crippen LogP contribution in [-0.2, 0) is 4.79 Å². The Morgan fingerprint density at radius 1 is 1.39 bits per heavy atom. The zero-order valence-corrected chi connectivity index (χ0v) is 13.1. The first-order valence-electron chi connectivity index (χ1n) is 7.94. The quantitative estimate of drug-likeness (QED) is 0.927. The lowest BCUT2D eigenvalue weighted by Crippen LogP contribution is -2.32. The molecular weight excluding hydrogens is 290 g/mol. The number of rotatable bonds is 2. The summed E-state index contributed by atoms with van der Waals surface area (Å²) in [6, 6.07) is 7.80. The lowest BCUT2D eigenvalue weighted by Gasteiger charge is -2.22. The second-order valence-electron chi connectivity index (χ2n) is 6.20. The number of fused-ring (bicyclic) bond motifs is 1. The Hall–Kier alpha value is -2.56. The Bertz CT molecular complexity index is 778. The highest BCUT2D eigenvalue weighted by molar-refractivity contribution is 5.99. The van der Waals surface area contributed by atoms with Crippen LogP contribution in [0.15, 0.2) is 36.0 Å². The number of ether oxygens (including phenoxy) is 1. The standard InChI is InChI=1S/C18H19N3O2/c1-12-9-19-20-17(12)14-6-7-21(10-14)18(22)15-8-13-4-2-3-5-16(13)23-11-15/h2-5,8-9,14H,6-7,10-11H2,1H3,(H,19,20)/t14-/m1/s1. The van der Waals surface area contributed by atoms with Crippen LogP contribution in [0.5, 0.6) is 5.75 Å². The summed E-state index contributed by atoms with van der Waals surface area (Å²) in [5.41, 5.74) is 4.02. The van der Waals surface area contributed by atoms with Gasteiger partial charge >= 0.3 is 0 Å². The molecule has 1 fully saturated rings. The highest BCUT2D eigenvalue weighted by Crippen LogP contribution is 2.31. The molecule has 1 saturated heterocycles. The van der Waals surface area contributed by atoms with Gasteiger partial charge in [0, 0.05) is 30.3 Å². The number of H-pyrrole nitrogens is 1. The molecule has 5 heteroatoms. The molecule has 0 saturated carbocycles. The lowest BCUT2D eigenvalue weighted by molar-refractivity contribution is -0.126. The van der Waals surface area contributed by atoms with Crippen LogP contribution in [-0.4, -0.2) is 40.7 Å². The van der Waals surface area contributed by atoms with Crippen molar-refractivity contribution < 1.29 is 9.53 Å². The minimum Gasteiger partial charge on any atom is -0.488 e.